The quantitative estimate of drug-likeness (QED) is 0.123. The van der Waals surface area contributed by atoms with E-state index in [1.165, 1.54) is 82.1 Å². The third-order valence-electron chi connectivity index (χ3n) is 4.87. The number of ether oxygens (including phenoxy) is 1. The SMILES string of the molecule is CCCCCCCCCCCCCC[C@H](O)C(=O)Oc1ccc([N+](=O)[O-])cc1. The topological polar surface area (TPSA) is 89.7 Å². The van der Waals surface area contributed by atoms with Gasteiger partial charge >= 0.3 is 5.97 Å². The van der Waals surface area contributed by atoms with Crippen molar-refractivity contribution in [2.75, 3.05) is 0 Å². The van der Waals surface area contributed by atoms with Crippen LogP contribution >= 0.6 is 0 Å². The average molecular weight is 394 g/mol. The van der Waals surface area contributed by atoms with Gasteiger partial charge in [-0.15, -0.1) is 0 Å². The van der Waals surface area contributed by atoms with E-state index in [1.54, 1.807) is 0 Å². The van der Waals surface area contributed by atoms with Gasteiger partial charge in [0, 0.05) is 12.1 Å². The number of unbranched alkanes of at least 4 members (excludes halogenated alkanes) is 11. The van der Waals surface area contributed by atoms with Crippen LogP contribution in [-0.4, -0.2) is 22.1 Å². The van der Waals surface area contributed by atoms with Crippen LogP contribution in [0.15, 0.2) is 24.3 Å². The fraction of sp³-hybridized carbons (Fsp3) is 0.682. The highest BCUT2D eigenvalue weighted by atomic mass is 16.6. The molecule has 0 saturated heterocycles. The van der Waals surface area contributed by atoms with Crippen molar-refractivity contribution in [3.8, 4) is 5.75 Å². The molecule has 0 bridgehead atoms. The van der Waals surface area contributed by atoms with Crippen molar-refractivity contribution in [2.45, 2.75) is 96.5 Å². The van der Waals surface area contributed by atoms with Crippen LogP contribution in [0.1, 0.15) is 90.4 Å². The lowest BCUT2D eigenvalue weighted by Gasteiger charge is -2.10. The van der Waals surface area contributed by atoms with Crippen molar-refractivity contribution >= 4 is 11.7 Å². The number of nitro benzene ring substituents is 1. The van der Waals surface area contributed by atoms with Crippen LogP contribution in [0.25, 0.3) is 0 Å². The van der Waals surface area contributed by atoms with E-state index >= 15 is 0 Å². The molecule has 0 radical (unpaired) electrons. The normalized spacial score (nSPS) is 11.9. The van der Waals surface area contributed by atoms with Gasteiger partial charge in [0.15, 0.2) is 6.10 Å². The van der Waals surface area contributed by atoms with Crippen LogP contribution in [-0.2, 0) is 4.79 Å². The lowest BCUT2D eigenvalue weighted by Crippen LogP contribution is -2.25. The summed E-state index contributed by atoms with van der Waals surface area (Å²) in [4.78, 5) is 21.9. The summed E-state index contributed by atoms with van der Waals surface area (Å²) in [6.45, 7) is 2.24. The van der Waals surface area contributed by atoms with Crippen LogP contribution in [0.2, 0.25) is 0 Å². The second-order valence-corrected chi connectivity index (χ2v) is 7.37. The molecule has 0 aromatic heterocycles. The van der Waals surface area contributed by atoms with Gasteiger partial charge in [-0.3, -0.25) is 10.1 Å². The van der Waals surface area contributed by atoms with Crippen molar-refractivity contribution in [1.82, 2.24) is 0 Å². The summed E-state index contributed by atoms with van der Waals surface area (Å²) in [6.07, 6.45) is 14.0. The minimum atomic E-state index is -1.15. The Morgan fingerprint density at radius 2 is 1.39 bits per heavy atom. The molecule has 0 amide bonds. The molecule has 0 saturated carbocycles. The van der Waals surface area contributed by atoms with E-state index in [9.17, 15) is 20.0 Å². The molecule has 0 heterocycles. The summed E-state index contributed by atoms with van der Waals surface area (Å²) in [7, 11) is 0. The smallest absolute Gasteiger partial charge is 0.340 e. The van der Waals surface area contributed by atoms with Gasteiger partial charge < -0.3 is 9.84 Å². The Balaban J connectivity index is 2.03. The molecular formula is C22H35NO5. The molecule has 6 nitrogen and oxygen atoms in total. The van der Waals surface area contributed by atoms with Gasteiger partial charge in [-0.05, 0) is 18.6 Å². The lowest BCUT2D eigenvalue weighted by atomic mass is 10.0. The summed E-state index contributed by atoms with van der Waals surface area (Å²) in [5, 5.41) is 20.5. The van der Waals surface area contributed by atoms with Gasteiger partial charge in [0.2, 0.25) is 0 Å². The van der Waals surface area contributed by atoms with Crippen molar-refractivity contribution < 1.29 is 19.6 Å². The van der Waals surface area contributed by atoms with Crippen LogP contribution in [0.4, 0.5) is 5.69 Å². The number of hydrogen-bond donors (Lipinski definition) is 1. The van der Waals surface area contributed by atoms with Crippen molar-refractivity contribution in [3.63, 3.8) is 0 Å². The molecule has 28 heavy (non-hydrogen) atoms. The van der Waals surface area contributed by atoms with E-state index in [-0.39, 0.29) is 11.4 Å². The molecule has 1 atom stereocenters. The van der Waals surface area contributed by atoms with Gasteiger partial charge in [0.1, 0.15) is 5.75 Å². The van der Waals surface area contributed by atoms with Crippen molar-refractivity contribution in [1.29, 1.82) is 0 Å². The lowest BCUT2D eigenvalue weighted by molar-refractivity contribution is -0.384. The zero-order chi connectivity index (χ0) is 20.6. The third kappa shape index (κ3) is 11.0. The molecule has 0 unspecified atom stereocenters. The number of hydrogen-bond acceptors (Lipinski definition) is 5. The van der Waals surface area contributed by atoms with Gasteiger partial charge in [0.25, 0.3) is 5.69 Å². The minimum Gasteiger partial charge on any atom is -0.425 e. The molecule has 1 aromatic carbocycles. The van der Waals surface area contributed by atoms with Crippen molar-refractivity contribution in [2.24, 2.45) is 0 Å². The van der Waals surface area contributed by atoms with E-state index in [2.05, 4.69) is 6.92 Å². The number of benzene rings is 1. The predicted molar refractivity (Wildman–Crippen MR) is 110 cm³/mol. The molecule has 158 valence electrons. The Labute approximate surface area is 168 Å². The zero-order valence-electron chi connectivity index (χ0n) is 17.1. The Hall–Kier alpha value is -1.95. The molecule has 0 aliphatic heterocycles. The monoisotopic (exact) mass is 393 g/mol. The molecule has 1 N–H and O–H groups in total. The zero-order valence-corrected chi connectivity index (χ0v) is 17.1. The summed E-state index contributed by atoms with van der Waals surface area (Å²) < 4.78 is 5.06. The van der Waals surface area contributed by atoms with Gasteiger partial charge in [0.05, 0.1) is 4.92 Å². The highest BCUT2D eigenvalue weighted by molar-refractivity contribution is 5.76. The largest absolute Gasteiger partial charge is 0.425 e. The number of aliphatic hydroxyl groups is 1. The first-order chi connectivity index (χ1) is 13.5. The molecule has 0 aliphatic rings. The fourth-order valence-electron chi connectivity index (χ4n) is 3.12. The molecule has 1 rings (SSSR count). The van der Waals surface area contributed by atoms with Gasteiger partial charge in [-0.1, -0.05) is 84.0 Å². The standard InChI is InChI=1S/C22H35NO5/c1-2-3-4-5-6-7-8-9-10-11-12-13-14-21(24)22(25)28-20-17-15-19(16-18-20)23(26)27/h15-18,21,24H,2-14H2,1H3/t21-/m0/s1. The van der Waals surface area contributed by atoms with Crippen LogP contribution in [0, 0.1) is 10.1 Å². The number of nitro groups is 1. The van der Waals surface area contributed by atoms with Crippen LogP contribution in [0.3, 0.4) is 0 Å². The molecule has 0 spiro atoms. The molecule has 0 aliphatic carbocycles. The van der Waals surface area contributed by atoms with E-state index in [0.717, 1.165) is 19.3 Å². The predicted octanol–water partition coefficient (Wildman–Crippen LogP) is 5.95. The third-order valence-corrected chi connectivity index (χ3v) is 4.87. The van der Waals surface area contributed by atoms with E-state index in [0.29, 0.717) is 6.42 Å². The molecule has 6 heteroatoms. The number of esters is 1. The number of carbonyl (C=O) groups is 1. The Bertz CT molecular complexity index is 559. The van der Waals surface area contributed by atoms with Gasteiger partial charge in [-0.2, -0.15) is 0 Å². The molecule has 1 aromatic rings. The Morgan fingerprint density at radius 1 is 0.929 bits per heavy atom. The number of non-ortho nitro benzene ring substituents is 1. The highest BCUT2D eigenvalue weighted by Gasteiger charge is 2.17. The molecule has 0 fully saturated rings. The first kappa shape index (κ1) is 24.1. The first-order valence-electron chi connectivity index (χ1n) is 10.7. The summed E-state index contributed by atoms with van der Waals surface area (Å²) >= 11 is 0. The maximum absolute atomic E-state index is 11.9. The van der Waals surface area contributed by atoms with E-state index in [4.69, 9.17) is 4.74 Å². The second kappa shape index (κ2) is 15.0. The van der Waals surface area contributed by atoms with Crippen LogP contribution < -0.4 is 4.74 Å². The second-order valence-electron chi connectivity index (χ2n) is 7.37. The van der Waals surface area contributed by atoms with Crippen molar-refractivity contribution in [3.05, 3.63) is 34.4 Å². The maximum Gasteiger partial charge on any atom is 0.340 e. The first-order valence-corrected chi connectivity index (χ1v) is 10.7. The van der Waals surface area contributed by atoms with E-state index in [1.807, 2.05) is 0 Å². The fourth-order valence-corrected chi connectivity index (χ4v) is 3.12. The number of aliphatic hydroxyl groups excluding tert-OH is 1. The van der Waals surface area contributed by atoms with Gasteiger partial charge in [-0.25, -0.2) is 4.79 Å². The summed E-state index contributed by atoms with van der Waals surface area (Å²) in [5.41, 5.74) is -0.0724. The highest BCUT2D eigenvalue weighted by Crippen LogP contribution is 2.18. The number of nitrogens with zero attached hydrogens (tertiary/aromatic N) is 1. The number of carbonyl (C=O) groups excluding carboxylic acids is 1. The van der Waals surface area contributed by atoms with E-state index < -0.39 is 17.0 Å². The summed E-state index contributed by atoms with van der Waals surface area (Å²) in [6, 6.07) is 5.24. The average Bonchev–Trinajstić information content (AvgIpc) is 2.69. The number of rotatable bonds is 16. The Kier molecular flexibility index (Phi) is 12.9. The molecular weight excluding hydrogens is 358 g/mol. The maximum atomic E-state index is 11.9. The van der Waals surface area contributed by atoms with Crippen LogP contribution in [0.5, 0.6) is 5.75 Å². The summed E-state index contributed by atoms with van der Waals surface area (Å²) in [5.74, 6) is -0.513. The minimum absolute atomic E-state index is 0.0724. The Morgan fingerprint density at radius 3 is 1.86 bits per heavy atom.